The largest absolute Gasteiger partial charge is 0.433 e. The minimum absolute atomic E-state index is 0.161. The molecule has 0 fully saturated rings. The van der Waals surface area contributed by atoms with Crippen LogP contribution in [0.5, 0.6) is 0 Å². The molecule has 0 unspecified atom stereocenters. The maximum Gasteiger partial charge on any atom is 0.433 e. The average molecular weight is 504 g/mol. The lowest BCUT2D eigenvalue weighted by molar-refractivity contribution is -0.402. The highest BCUT2D eigenvalue weighted by molar-refractivity contribution is 7.71. The van der Waals surface area contributed by atoms with Crippen LogP contribution in [0, 0.1) is 29.8 Å². The molecule has 16 nitrogen and oxygen atoms in total. The number of aryl methyl sites for hydroxylation is 2. The number of nitro groups is 2. The fraction of sp³-hybridized carbons (Fsp3) is 0.125. The van der Waals surface area contributed by atoms with Crippen LogP contribution in [0.15, 0.2) is 43.3 Å². The molecule has 4 aromatic heterocycles. The van der Waals surface area contributed by atoms with Crippen molar-refractivity contribution in [1.29, 1.82) is 0 Å². The molecule has 4 aromatic rings. The first-order valence-electron chi connectivity index (χ1n) is 9.21. The van der Waals surface area contributed by atoms with E-state index in [1.807, 2.05) is 0 Å². The summed E-state index contributed by atoms with van der Waals surface area (Å²) >= 11 is 10.4. The number of hydrogen-bond acceptors (Lipinski definition) is 12. The molecule has 0 amide bonds. The van der Waals surface area contributed by atoms with Crippen LogP contribution in [0.4, 0.5) is 11.8 Å². The van der Waals surface area contributed by atoms with Crippen molar-refractivity contribution in [1.82, 2.24) is 29.7 Å². The molecule has 0 aromatic carbocycles. The second-order valence-electron chi connectivity index (χ2n) is 6.37. The Kier molecular flexibility index (Phi) is 6.32. The predicted octanol–water partition coefficient (Wildman–Crippen LogP) is 2.75. The molecule has 0 saturated heterocycles. The van der Waals surface area contributed by atoms with Crippen molar-refractivity contribution in [3.8, 4) is 0 Å². The first-order chi connectivity index (χ1) is 16.3. The Bertz CT molecular complexity index is 1420. The summed E-state index contributed by atoms with van der Waals surface area (Å²) in [6, 6.07) is 5.21. The Morgan fingerprint density at radius 3 is 1.62 bits per heavy atom. The van der Waals surface area contributed by atoms with Crippen molar-refractivity contribution >= 4 is 48.6 Å². The van der Waals surface area contributed by atoms with E-state index in [9.17, 15) is 20.2 Å². The third-order valence-electron chi connectivity index (χ3n) is 4.19. The van der Waals surface area contributed by atoms with Gasteiger partial charge in [0.1, 0.15) is 9.85 Å². The summed E-state index contributed by atoms with van der Waals surface area (Å²) in [6.07, 6.45) is 3.16. The summed E-state index contributed by atoms with van der Waals surface area (Å²) in [5.41, 5.74) is 0. The predicted molar refractivity (Wildman–Crippen MR) is 119 cm³/mol. The number of aromatic amines is 2. The van der Waals surface area contributed by atoms with Crippen LogP contribution in [0.25, 0.3) is 0 Å². The fourth-order valence-electron chi connectivity index (χ4n) is 2.68. The van der Waals surface area contributed by atoms with Crippen LogP contribution in [-0.2, 0) is 12.8 Å². The molecule has 4 rings (SSSR count). The van der Waals surface area contributed by atoms with E-state index in [0.29, 0.717) is 24.5 Å². The second kappa shape index (κ2) is 9.50. The van der Waals surface area contributed by atoms with E-state index in [1.165, 1.54) is 46.0 Å². The zero-order valence-electron chi connectivity index (χ0n) is 16.7. The molecule has 0 spiro atoms. The molecule has 18 heteroatoms. The van der Waals surface area contributed by atoms with Crippen LogP contribution < -0.4 is 0 Å². The monoisotopic (exact) mass is 504 g/mol. The third kappa shape index (κ3) is 4.91. The number of H-pyrrole nitrogens is 2. The van der Waals surface area contributed by atoms with Gasteiger partial charge in [0, 0.05) is 12.8 Å². The quantitative estimate of drug-likeness (QED) is 0.147. The average Bonchev–Trinajstić information content (AvgIpc) is 3.57. The van der Waals surface area contributed by atoms with Gasteiger partial charge in [-0.3, -0.25) is 30.4 Å². The second-order valence-corrected chi connectivity index (χ2v) is 7.14. The number of nitrogens with one attached hydrogen (secondary N) is 2. The van der Waals surface area contributed by atoms with Gasteiger partial charge in [-0.2, -0.15) is 29.8 Å². The van der Waals surface area contributed by atoms with Crippen LogP contribution in [0.1, 0.15) is 23.2 Å². The van der Waals surface area contributed by atoms with Crippen LogP contribution in [0.3, 0.4) is 0 Å². The summed E-state index contributed by atoms with van der Waals surface area (Å²) in [5.74, 6) is 0.375. The van der Waals surface area contributed by atoms with Crippen molar-refractivity contribution < 1.29 is 18.7 Å². The Morgan fingerprint density at radius 2 is 1.26 bits per heavy atom. The van der Waals surface area contributed by atoms with Gasteiger partial charge in [0.05, 0.1) is 24.6 Å². The van der Waals surface area contributed by atoms with Crippen molar-refractivity contribution in [2.45, 2.75) is 12.8 Å². The molecule has 174 valence electrons. The zero-order chi connectivity index (χ0) is 24.2. The van der Waals surface area contributed by atoms with E-state index in [1.54, 1.807) is 0 Å². The fourth-order valence-corrected chi connectivity index (χ4v) is 3.08. The summed E-state index contributed by atoms with van der Waals surface area (Å²) in [7, 11) is 0. The van der Waals surface area contributed by atoms with E-state index in [-0.39, 0.29) is 21.1 Å². The minimum Gasteiger partial charge on any atom is -0.400 e. The molecular formula is C16H12N10O6S2. The molecule has 0 aliphatic carbocycles. The SMILES string of the molecule is O=[N+]([O-])c1ccc(C=Nn2c(CCc3n[nH]c(=S)n3N=Cc3ccc([N+](=O)[O-])o3)n[nH]c2=S)o1. The lowest BCUT2D eigenvalue weighted by Crippen LogP contribution is -2.05. The van der Waals surface area contributed by atoms with Gasteiger partial charge in [-0.25, -0.2) is 0 Å². The Morgan fingerprint density at radius 1 is 0.853 bits per heavy atom. The highest BCUT2D eigenvalue weighted by atomic mass is 32.1. The van der Waals surface area contributed by atoms with E-state index >= 15 is 0 Å². The van der Waals surface area contributed by atoms with Crippen LogP contribution in [0.2, 0.25) is 0 Å². The number of rotatable bonds is 9. The maximum absolute atomic E-state index is 10.7. The number of furan rings is 2. The lowest BCUT2D eigenvalue weighted by Gasteiger charge is -2.01. The van der Waals surface area contributed by atoms with Crippen LogP contribution in [-0.4, -0.2) is 52.0 Å². The molecule has 0 saturated carbocycles. The van der Waals surface area contributed by atoms with Gasteiger partial charge in [-0.15, -0.1) is 0 Å². The Labute approximate surface area is 197 Å². The summed E-state index contributed by atoms with van der Waals surface area (Å²) in [5, 5.41) is 43.3. The van der Waals surface area contributed by atoms with Gasteiger partial charge in [-0.1, -0.05) is 0 Å². The summed E-state index contributed by atoms with van der Waals surface area (Å²) in [6.45, 7) is 0. The molecule has 4 heterocycles. The van der Waals surface area contributed by atoms with E-state index < -0.39 is 21.6 Å². The van der Waals surface area contributed by atoms with Gasteiger partial charge in [0.15, 0.2) is 23.2 Å². The minimum atomic E-state index is -0.658. The van der Waals surface area contributed by atoms with Crippen molar-refractivity contribution in [3.05, 3.63) is 77.2 Å². The first kappa shape index (κ1) is 22.6. The standard InChI is InChI=1S/C16H12N10O6S2/c27-25(28)13-5-1-9(31-13)7-17-23-11(19-21-15(23)33)3-4-12-20-22-16(34)24(12)18-8-10-2-6-14(32-10)26(29)30/h1-2,5-8H,3-4H2,(H,21,33)(H,22,34). The first-order valence-corrected chi connectivity index (χ1v) is 10.0. The Balaban J connectivity index is 1.49. The molecule has 0 aliphatic heterocycles. The van der Waals surface area contributed by atoms with Gasteiger partial charge in [-0.05, 0) is 36.6 Å². The topological polar surface area (TPSA) is 204 Å². The van der Waals surface area contributed by atoms with E-state index in [4.69, 9.17) is 33.3 Å². The highest BCUT2D eigenvalue weighted by Crippen LogP contribution is 2.15. The number of nitrogens with zero attached hydrogens (tertiary/aromatic N) is 8. The normalized spacial score (nSPS) is 11.6. The summed E-state index contributed by atoms with van der Waals surface area (Å²) < 4.78 is 13.1. The molecule has 0 aliphatic rings. The molecule has 2 N–H and O–H groups in total. The molecule has 0 bridgehead atoms. The number of aromatic nitrogens is 6. The van der Waals surface area contributed by atoms with Gasteiger partial charge < -0.3 is 8.83 Å². The van der Waals surface area contributed by atoms with Crippen molar-refractivity contribution in [2.24, 2.45) is 10.2 Å². The van der Waals surface area contributed by atoms with Crippen LogP contribution >= 0.6 is 24.4 Å². The molecule has 0 radical (unpaired) electrons. The van der Waals surface area contributed by atoms with Crippen molar-refractivity contribution in [2.75, 3.05) is 0 Å². The smallest absolute Gasteiger partial charge is 0.400 e. The highest BCUT2D eigenvalue weighted by Gasteiger charge is 2.13. The van der Waals surface area contributed by atoms with E-state index in [0.717, 1.165) is 0 Å². The van der Waals surface area contributed by atoms with Gasteiger partial charge in [0.2, 0.25) is 9.54 Å². The summed E-state index contributed by atoms with van der Waals surface area (Å²) in [4.78, 5) is 20.1. The van der Waals surface area contributed by atoms with E-state index in [2.05, 4.69) is 30.6 Å². The Hall–Kier alpha value is -4.58. The maximum atomic E-state index is 10.7. The van der Waals surface area contributed by atoms with Crippen molar-refractivity contribution in [3.63, 3.8) is 0 Å². The number of hydrogen-bond donors (Lipinski definition) is 2. The molecule has 34 heavy (non-hydrogen) atoms. The molecular weight excluding hydrogens is 492 g/mol. The zero-order valence-corrected chi connectivity index (χ0v) is 18.4. The van der Waals surface area contributed by atoms with Gasteiger partial charge >= 0.3 is 11.8 Å². The third-order valence-corrected chi connectivity index (χ3v) is 4.72. The van der Waals surface area contributed by atoms with Gasteiger partial charge in [0.25, 0.3) is 0 Å². The lowest BCUT2D eigenvalue weighted by atomic mass is 10.3. The molecule has 0 atom stereocenters.